The van der Waals surface area contributed by atoms with E-state index in [0.717, 1.165) is 25.0 Å². The molecule has 1 fully saturated rings. The van der Waals surface area contributed by atoms with E-state index in [9.17, 15) is 8.78 Å². The lowest BCUT2D eigenvalue weighted by atomic mass is 10.1. The van der Waals surface area contributed by atoms with Crippen LogP contribution >= 0.6 is 0 Å². The fraction of sp³-hybridized carbons (Fsp3) is 0.538. The summed E-state index contributed by atoms with van der Waals surface area (Å²) in [5.41, 5.74) is 0.226. The summed E-state index contributed by atoms with van der Waals surface area (Å²) >= 11 is 0. The third kappa shape index (κ3) is 2.79. The van der Waals surface area contributed by atoms with Gasteiger partial charge in [0.1, 0.15) is 5.82 Å². The van der Waals surface area contributed by atoms with Gasteiger partial charge in [0.25, 0.3) is 0 Å². The summed E-state index contributed by atoms with van der Waals surface area (Å²) in [6, 6.07) is 2.19. The average Bonchev–Trinajstić information content (AvgIpc) is 3.13. The zero-order chi connectivity index (χ0) is 13.2. The normalized spacial score (nSPS) is 16.7. The Balaban J connectivity index is 1.95. The van der Waals surface area contributed by atoms with E-state index < -0.39 is 11.6 Å². The van der Waals surface area contributed by atoms with Gasteiger partial charge in [-0.25, -0.2) is 8.78 Å². The molecule has 0 radical (unpaired) electrons. The van der Waals surface area contributed by atoms with Gasteiger partial charge in [-0.05, 0) is 18.9 Å². The molecule has 2 N–H and O–H groups in total. The monoisotopic (exact) mass is 257 g/mol. The van der Waals surface area contributed by atoms with E-state index in [4.69, 9.17) is 9.84 Å². The fourth-order valence-corrected chi connectivity index (χ4v) is 1.89. The molecule has 0 aromatic heterocycles. The average molecular weight is 257 g/mol. The minimum atomic E-state index is -0.570. The summed E-state index contributed by atoms with van der Waals surface area (Å²) < 4.78 is 31.7. The molecule has 0 saturated heterocycles. The summed E-state index contributed by atoms with van der Waals surface area (Å²) in [6.45, 7) is 1.00. The molecule has 1 aromatic carbocycles. The molecule has 100 valence electrons. The molecule has 3 nitrogen and oxygen atoms in total. The number of aliphatic hydroxyl groups is 1. The van der Waals surface area contributed by atoms with E-state index in [2.05, 4.69) is 5.32 Å². The molecule has 0 heterocycles. The van der Waals surface area contributed by atoms with Gasteiger partial charge in [0.2, 0.25) is 0 Å². The van der Waals surface area contributed by atoms with Crippen LogP contribution in [-0.4, -0.2) is 25.4 Å². The van der Waals surface area contributed by atoms with E-state index in [1.54, 1.807) is 0 Å². The van der Waals surface area contributed by atoms with Gasteiger partial charge < -0.3 is 15.2 Å². The van der Waals surface area contributed by atoms with E-state index in [1.807, 2.05) is 0 Å². The Labute approximate surface area is 105 Å². The minimum Gasteiger partial charge on any atom is -0.494 e. The van der Waals surface area contributed by atoms with E-state index in [0.29, 0.717) is 6.54 Å². The van der Waals surface area contributed by atoms with Gasteiger partial charge in [0.15, 0.2) is 11.6 Å². The molecule has 5 heteroatoms. The lowest BCUT2D eigenvalue weighted by Crippen LogP contribution is -2.26. The number of hydrogen-bond acceptors (Lipinski definition) is 3. The summed E-state index contributed by atoms with van der Waals surface area (Å²) in [7, 11) is 1.30. The van der Waals surface area contributed by atoms with Crippen LogP contribution < -0.4 is 10.1 Å². The number of rotatable bonds is 6. The second kappa shape index (κ2) is 5.20. The van der Waals surface area contributed by atoms with Gasteiger partial charge in [0, 0.05) is 36.7 Å². The maximum Gasteiger partial charge on any atom is 0.165 e. The van der Waals surface area contributed by atoms with Gasteiger partial charge in [0.05, 0.1) is 7.11 Å². The Kier molecular flexibility index (Phi) is 3.82. The number of nitrogens with one attached hydrogen (secondary N) is 1. The van der Waals surface area contributed by atoms with Crippen molar-refractivity contribution in [1.82, 2.24) is 5.32 Å². The van der Waals surface area contributed by atoms with Crippen molar-refractivity contribution in [1.29, 1.82) is 0 Å². The zero-order valence-electron chi connectivity index (χ0n) is 10.3. The second-order valence-corrected chi connectivity index (χ2v) is 4.84. The Morgan fingerprint density at radius 3 is 2.61 bits per heavy atom. The van der Waals surface area contributed by atoms with Crippen molar-refractivity contribution < 1.29 is 18.6 Å². The van der Waals surface area contributed by atoms with Crippen molar-refractivity contribution in [2.45, 2.75) is 19.4 Å². The van der Waals surface area contributed by atoms with Crippen molar-refractivity contribution in [3.05, 3.63) is 29.3 Å². The first kappa shape index (κ1) is 13.2. The molecule has 0 aliphatic heterocycles. The highest BCUT2D eigenvalue weighted by Gasteiger charge is 2.41. The predicted octanol–water partition coefficient (Wildman–Crippen LogP) is 1.84. The summed E-state index contributed by atoms with van der Waals surface area (Å²) in [5, 5.41) is 12.2. The van der Waals surface area contributed by atoms with Crippen LogP contribution in [0.1, 0.15) is 18.4 Å². The molecular weight excluding hydrogens is 240 g/mol. The maximum absolute atomic E-state index is 13.6. The van der Waals surface area contributed by atoms with Crippen LogP contribution in [0.2, 0.25) is 0 Å². The third-order valence-electron chi connectivity index (χ3n) is 3.43. The molecule has 0 spiro atoms. The Morgan fingerprint density at radius 1 is 1.33 bits per heavy atom. The minimum absolute atomic E-state index is 0.0402. The Hall–Kier alpha value is -1.20. The van der Waals surface area contributed by atoms with E-state index in [1.165, 1.54) is 7.11 Å². The largest absolute Gasteiger partial charge is 0.494 e. The van der Waals surface area contributed by atoms with Gasteiger partial charge in [-0.1, -0.05) is 0 Å². The SMILES string of the molecule is COc1cc(F)c(CNCC2(CO)CC2)cc1F. The summed E-state index contributed by atoms with van der Waals surface area (Å²) in [4.78, 5) is 0. The standard InChI is InChI=1S/C13H17F2NO2/c1-18-12-5-10(14)9(4-11(12)15)6-16-7-13(8-17)2-3-13/h4-5,16-17H,2-3,6-8H2,1H3. The van der Waals surface area contributed by atoms with Crippen LogP contribution in [0.4, 0.5) is 8.78 Å². The first-order valence-electron chi connectivity index (χ1n) is 5.94. The predicted molar refractivity (Wildman–Crippen MR) is 63.4 cm³/mol. The fourth-order valence-electron chi connectivity index (χ4n) is 1.89. The first-order chi connectivity index (χ1) is 8.60. The van der Waals surface area contributed by atoms with Crippen LogP contribution in [0.3, 0.4) is 0 Å². The number of benzene rings is 1. The van der Waals surface area contributed by atoms with Gasteiger partial charge in [-0.3, -0.25) is 0 Å². The Morgan fingerprint density at radius 2 is 2.06 bits per heavy atom. The number of halogens is 2. The number of hydrogen-bond donors (Lipinski definition) is 2. The van der Waals surface area contributed by atoms with Crippen LogP contribution in [0.25, 0.3) is 0 Å². The van der Waals surface area contributed by atoms with Crippen molar-refractivity contribution >= 4 is 0 Å². The van der Waals surface area contributed by atoms with Gasteiger partial charge >= 0.3 is 0 Å². The Bertz CT molecular complexity index is 433. The molecule has 1 aliphatic carbocycles. The number of aliphatic hydroxyl groups excluding tert-OH is 1. The molecule has 0 atom stereocenters. The molecule has 1 aliphatic rings. The molecule has 18 heavy (non-hydrogen) atoms. The van der Waals surface area contributed by atoms with Crippen LogP contribution in [-0.2, 0) is 6.54 Å². The smallest absolute Gasteiger partial charge is 0.165 e. The van der Waals surface area contributed by atoms with Crippen LogP contribution in [0.5, 0.6) is 5.75 Å². The first-order valence-corrected chi connectivity index (χ1v) is 5.94. The zero-order valence-corrected chi connectivity index (χ0v) is 10.3. The summed E-state index contributed by atoms with van der Waals surface area (Å²) in [6.07, 6.45) is 1.96. The van der Waals surface area contributed by atoms with Crippen LogP contribution in [0.15, 0.2) is 12.1 Å². The van der Waals surface area contributed by atoms with Crippen LogP contribution in [0, 0.1) is 17.0 Å². The van der Waals surface area contributed by atoms with Crippen molar-refractivity contribution in [3.8, 4) is 5.75 Å². The molecule has 1 aromatic rings. The van der Waals surface area contributed by atoms with E-state index in [-0.39, 0.29) is 29.9 Å². The third-order valence-corrected chi connectivity index (χ3v) is 3.43. The van der Waals surface area contributed by atoms with Gasteiger partial charge in [-0.15, -0.1) is 0 Å². The van der Waals surface area contributed by atoms with Crippen molar-refractivity contribution in [2.75, 3.05) is 20.3 Å². The van der Waals surface area contributed by atoms with Crippen molar-refractivity contribution in [2.24, 2.45) is 5.41 Å². The second-order valence-electron chi connectivity index (χ2n) is 4.84. The van der Waals surface area contributed by atoms with Gasteiger partial charge in [-0.2, -0.15) is 0 Å². The van der Waals surface area contributed by atoms with Crippen molar-refractivity contribution in [3.63, 3.8) is 0 Å². The number of ether oxygens (including phenoxy) is 1. The molecule has 0 amide bonds. The molecular formula is C13H17F2NO2. The topological polar surface area (TPSA) is 41.5 Å². The lowest BCUT2D eigenvalue weighted by molar-refractivity contribution is 0.207. The molecule has 0 unspecified atom stereocenters. The highest BCUT2D eigenvalue weighted by molar-refractivity contribution is 5.30. The highest BCUT2D eigenvalue weighted by Crippen LogP contribution is 2.44. The quantitative estimate of drug-likeness (QED) is 0.817. The van der Waals surface area contributed by atoms with E-state index >= 15 is 0 Å². The maximum atomic E-state index is 13.6. The summed E-state index contributed by atoms with van der Waals surface area (Å²) in [5.74, 6) is -1.15. The molecule has 0 bridgehead atoms. The molecule has 2 rings (SSSR count). The lowest BCUT2D eigenvalue weighted by Gasteiger charge is -2.13. The molecule has 1 saturated carbocycles. The number of methoxy groups -OCH3 is 1. The highest BCUT2D eigenvalue weighted by atomic mass is 19.1.